The molecule has 0 atom stereocenters. The van der Waals surface area contributed by atoms with Crippen molar-refractivity contribution in [2.45, 2.75) is 18.7 Å². The maximum atomic E-state index is 12.3. The van der Waals surface area contributed by atoms with Gasteiger partial charge in [-0.25, -0.2) is 8.42 Å². The van der Waals surface area contributed by atoms with E-state index in [1.165, 1.54) is 12.1 Å². The van der Waals surface area contributed by atoms with Crippen molar-refractivity contribution in [3.63, 3.8) is 0 Å². The number of halogens is 1. The second-order valence-corrected chi connectivity index (χ2v) is 7.60. The van der Waals surface area contributed by atoms with Crippen LogP contribution in [0.3, 0.4) is 0 Å². The van der Waals surface area contributed by atoms with Crippen molar-refractivity contribution in [3.8, 4) is 0 Å². The van der Waals surface area contributed by atoms with Gasteiger partial charge in [0.1, 0.15) is 10.5 Å². The number of carbonyl (C=O) groups excluding carboxylic acids is 1. The zero-order chi connectivity index (χ0) is 18.2. The standard InChI is InChI=1S/C17H15ClN2O4S/c1-10-7-8-15(13(18)9-10)25(22,23)20-19-17(21)16-11(2)12-5-3-4-6-14(12)24-16/h3-9,20H,1-2H3,(H,19,21). The second-order valence-electron chi connectivity index (χ2n) is 5.55. The number of hydrazine groups is 1. The minimum Gasteiger partial charge on any atom is -0.451 e. The summed E-state index contributed by atoms with van der Waals surface area (Å²) in [5.74, 6) is -0.653. The van der Waals surface area contributed by atoms with Gasteiger partial charge in [0, 0.05) is 10.9 Å². The van der Waals surface area contributed by atoms with Crippen LogP contribution in [0.25, 0.3) is 11.0 Å². The quantitative estimate of drug-likeness (QED) is 0.681. The highest BCUT2D eigenvalue weighted by Crippen LogP contribution is 2.25. The van der Waals surface area contributed by atoms with Crippen LogP contribution in [0.2, 0.25) is 5.02 Å². The Morgan fingerprint density at radius 3 is 2.52 bits per heavy atom. The van der Waals surface area contributed by atoms with Crippen LogP contribution in [0.15, 0.2) is 51.8 Å². The molecule has 0 aliphatic rings. The summed E-state index contributed by atoms with van der Waals surface area (Å²) in [7, 11) is -4.01. The van der Waals surface area contributed by atoms with Gasteiger partial charge in [0.15, 0.2) is 5.76 Å². The van der Waals surface area contributed by atoms with Gasteiger partial charge in [-0.2, -0.15) is 0 Å². The van der Waals surface area contributed by atoms with E-state index in [0.717, 1.165) is 10.9 Å². The molecule has 2 N–H and O–H groups in total. The number of aryl methyl sites for hydroxylation is 2. The average molecular weight is 379 g/mol. The number of para-hydroxylation sites is 1. The largest absolute Gasteiger partial charge is 0.451 e. The molecule has 0 saturated heterocycles. The van der Waals surface area contributed by atoms with Gasteiger partial charge in [-0.1, -0.05) is 35.9 Å². The van der Waals surface area contributed by atoms with Gasteiger partial charge in [0.2, 0.25) is 0 Å². The Morgan fingerprint density at radius 1 is 1.12 bits per heavy atom. The topological polar surface area (TPSA) is 88.4 Å². The molecule has 0 saturated carbocycles. The monoisotopic (exact) mass is 378 g/mol. The van der Waals surface area contributed by atoms with Crippen molar-refractivity contribution in [2.75, 3.05) is 0 Å². The Hall–Kier alpha value is -2.35. The van der Waals surface area contributed by atoms with Gasteiger partial charge in [-0.05, 0) is 37.6 Å². The molecular formula is C17H15ClN2O4S. The fraction of sp³-hybridized carbons (Fsp3) is 0.118. The molecule has 6 nitrogen and oxygen atoms in total. The molecule has 25 heavy (non-hydrogen) atoms. The van der Waals surface area contributed by atoms with Crippen LogP contribution in [-0.4, -0.2) is 14.3 Å². The lowest BCUT2D eigenvalue weighted by atomic mass is 10.1. The van der Waals surface area contributed by atoms with E-state index < -0.39 is 15.9 Å². The highest BCUT2D eigenvalue weighted by atomic mass is 35.5. The first-order valence-corrected chi connectivity index (χ1v) is 9.22. The Balaban J connectivity index is 1.82. The SMILES string of the molecule is Cc1ccc(S(=O)(=O)NNC(=O)c2oc3ccccc3c2C)c(Cl)c1. The number of fused-ring (bicyclic) bond motifs is 1. The minimum atomic E-state index is -4.01. The normalized spacial score (nSPS) is 11.6. The lowest BCUT2D eigenvalue weighted by molar-refractivity contribution is 0.0918. The summed E-state index contributed by atoms with van der Waals surface area (Å²) in [5.41, 5.74) is 4.15. The second kappa shape index (κ2) is 6.51. The third-order valence-corrected chi connectivity index (χ3v) is 5.46. The number of amides is 1. The van der Waals surface area contributed by atoms with E-state index in [0.29, 0.717) is 11.1 Å². The fourth-order valence-corrected chi connectivity index (χ4v) is 3.88. The molecule has 0 bridgehead atoms. The molecule has 0 aliphatic carbocycles. The molecule has 1 amide bonds. The van der Waals surface area contributed by atoms with Crippen LogP contribution in [-0.2, 0) is 10.0 Å². The molecule has 0 radical (unpaired) electrons. The molecule has 3 rings (SSSR count). The molecule has 0 unspecified atom stereocenters. The predicted molar refractivity (Wildman–Crippen MR) is 94.9 cm³/mol. The summed E-state index contributed by atoms with van der Waals surface area (Å²) in [6.07, 6.45) is 0. The average Bonchev–Trinajstić information content (AvgIpc) is 2.90. The number of benzene rings is 2. The van der Waals surface area contributed by atoms with Crippen LogP contribution in [0, 0.1) is 13.8 Å². The highest BCUT2D eigenvalue weighted by Gasteiger charge is 2.22. The summed E-state index contributed by atoms with van der Waals surface area (Å²) < 4.78 is 30.1. The van der Waals surface area contributed by atoms with Crippen LogP contribution in [0.4, 0.5) is 0 Å². The summed E-state index contributed by atoms with van der Waals surface area (Å²) in [6.45, 7) is 3.52. The third kappa shape index (κ3) is 3.39. The minimum absolute atomic E-state index is 0.0407. The first-order valence-electron chi connectivity index (χ1n) is 7.36. The summed E-state index contributed by atoms with van der Waals surface area (Å²) >= 11 is 5.97. The van der Waals surface area contributed by atoms with Gasteiger partial charge in [-0.15, -0.1) is 4.83 Å². The number of rotatable bonds is 4. The van der Waals surface area contributed by atoms with Crippen molar-refractivity contribution in [3.05, 3.63) is 64.4 Å². The molecule has 1 heterocycles. The van der Waals surface area contributed by atoms with Crippen LogP contribution in [0.1, 0.15) is 21.7 Å². The molecule has 0 fully saturated rings. The van der Waals surface area contributed by atoms with E-state index in [2.05, 4.69) is 5.43 Å². The molecule has 0 aliphatic heterocycles. The number of sulfonamides is 1. The van der Waals surface area contributed by atoms with Gasteiger partial charge in [0.25, 0.3) is 10.0 Å². The Kier molecular flexibility index (Phi) is 4.55. The Bertz CT molecular complexity index is 1070. The van der Waals surface area contributed by atoms with E-state index in [9.17, 15) is 13.2 Å². The van der Waals surface area contributed by atoms with Crippen LogP contribution < -0.4 is 10.3 Å². The molecular weight excluding hydrogens is 364 g/mol. The lowest BCUT2D eigenvalue weighted by Crippen LogP contribution is -2.41. The van der Waals surface area contributed by atoms with E-state index in [4.69, 9.17) is 16.0 Å². The predicted octanol–water partition coefficient (Wildman–Crippen LogP) is 3.33. The Morgan fingerprint density at radius 2 is 1.84 bits per heavy atom. The maximum Gasteiger partial charge on any atom is 0.302 e. The van der Waals surface area contributed by atoms with Crippen LogP contribution >= 0.6 is 11.6 Å². The Labute approximate surface area is 149 Å². The molecule has 130 valence electrons. The number of hydrogen-bond acceptors (Lipinski definition) is 4. The highest BCUT2D eigenvalue weighted by molar-refractivity contribution is 7.89. The zero-order valence-electron chi connectivity index (χ0n) is 13.5. The van der Waals surface area contributed by atoms with E-state index in [1.54, 1.807) is 32.0 Å². The van der Waals surface area contributed by atoms with E-state index >= 15 is 0 Å². The summed E-state index contributed by atoms with van der Waals surface area (Å²) in [6, 6.07) is 11.7. The van der Waals surface area contributed by atoms with Gasteiger partial charge < -0.3 is 4.42 Å². The van der Waals surface area contributed by atoms with Crippen molar-refractivity contribution in [1.29, 1.82) is 0 Å². The van der Waals surface area contributed by atoms with Gasteiger partial charge >= 0.3 is 5.91 Å². The van der Waals surface area contributed by atoms with Crippen molar-refractivity contribution in [2.24, 2.45) is 0 Å². The van der Waals surface area contributed by atoms with Crippen molar-refractivity contribution >= 4 is 38.5 Å². The smallest absolute Gasteiger partial charge is 0.302 e. The first-order chi connectivity index (χ1) is 11.8. The molecule has 3 aromatic rings. The lowest BCUT2D eigenvalue weighted by Gasteiger charge is -2.09. The van der Waals surface area contributed by atoms with Crippen LogP contribution in [0.5, 0.6) is 0 Å². The fourth-order valence-electron chi connectivity index (χ4n) is 2.44. The number of furan rings is 1. The number of carbonyl (C=O) groups is 1. The third-order valence-electron chi connectivity index (χ3n) is 3.73. The molecule has 2 aromatic carbocycles. The van der Waals surface area contributed by atoms with Gasteiger partial charge in [-0.3, -0.25) is 10.2 Å². The molecule has 8 heteroatoms. The molecule has 1 aromatic heterocycles. The van der Waals surface area contributed by atoms with Crippen molar-refractivity contribution < 1.29 is 17.6 Å². The number of hydrogen-bond donors (Lipinski definition) is 2. The zero-order valence-corrected chi connectivity index (χ0v) is 15.0. The summed E-state index contributed by atoms with van der Waals surface area (Å²) in [4.78, 5) is 14.2. The first kappa shape index (κ1) is 17.5. The van der Waals surface area contributed by atoms with E-state index in [-0.39, 0.29) is 15.7 Å². The van der Waals surface area contributed by atoms with E-state index in [1.807, 2.05) is 17.0 Å². The van der Waals surface area contributed by atoms with Gasteiger partial charge in [0.05, 0.1) is 5.02 Å². The summed E-state index contributed by atoms with van der Waals surface area (Å²) in [5, 5.41) is 0.860. The number of nitrogens with one attached hydrogen (secondary N) is 2. The van der Waals surface area contributed by atoms with Crippen molar-refractivity contribution in [1.82, 2.24) is 10.3 Å². The maximum absolute atomic E-state index is 12.3. The molecule has 0 spiro atoms.